The Morgan fingerprint density at radius 2 is 1.86 bits per heavy atom. The molecule has 1 aromatic carbocycles. The third kappa shape index (κ3) is 5.69. The molecule has 0 saturated heterocycles. The van der Waals surface area contributed by atoms with Gasteiger partial charge in [-0.25, -0.2) is 27.7 Å². The molecular formula is C25H17F5N6O5S. The summed E-state index contributed by atoms with van der Waals surface area (Å²) in [7, 11) is -3.98. The van der Waals surface area contributed by atoms with Crippen LogP contribution in [0.3, 0.4) is 0 Å². The molecule has 0 atom stereocenters. The smallest absolute Gasteiger partial charge is 0.435 e. The predicted molar refractivity (Wildman–Crippen MR) is 137 cm³/mol. The van der Waals surface area contributed by atoms with Gasteiger partial charge in [0.15, 0.2) is 21.2 Å². The number of benzene rings is 1. The number of aromatic nitrogens is 5. The van der Waals surface area contributed by atoms with Crippen molar-refractivity contribution in [2.75, 3.05) is 5.75 Å². The summed E-state index contributed by atoms with van der Waals surface area (Å²) in [5, 5.41) is 12.8. The van der Waals surface area contributed by atoms with E-state index in [1.54, 1.807) is 6.07 Å². The lowest BCUT2D eigenvalue weighted by atomic mass is 10.3. The van der Waals surface area contributed by atoms with Crippen molar-refractivity contribution < 1.29 is 39.5 Å². The Labute approximate surface area is 233 Å². The van der Waals surface area contributed by atoms with Crippen molar-refractivity contribution in [1.29, 1.82) is 5.26 Å². The first-order chi connectivity index (χ1) is 19.6. The molecule has 0 saturated carbocycles. The molecule has 42 heavy (non-hydrogen) atoms. The van der Waals surface area contributed by atoms with Gasteiger partial charge >= 0.3 is 18.0 Å². The quantitative estimate of drug-likeness (QED) is 0.150. The van der Waals surface area contributed by atoms with Crippen LogP contribution in [0.25, 0.3) is 34.2 Å². The first-order valence-electron chi connectivity index (χ1n) is 11.5. The fraction of sp³-hybridized carbons (Fsp3) is 0.160. The average Bonchev–Trinajstić information content (AvgIpc) is 3.53. The SMILES string of the molecule is C=C(C#N)/C=C\C(=C)n1cnn(-c2ccc(S(=O)(=O)CC)c(-c3nc4cc(OC(F)(F)C(F)(F)F)ccc4o3)n2)c1=O. The molecule has 218 valence electrons. The van der Waals surface area contributed by atoms with Crippen LogP contribution in [0, 0.1) is 11.3 Å². The van der Waals surface area contributed by atoms with Crippen molar-refractivity contribution in [1.82, 2.24) is 24.3 Å². The van der Waals surface area contributed by atoms with Crippen LogP contribution in [-0.4, -0.2) is 50.8 Å². The maximum atomic E-state index is 13.4. The Morgan fingerprint density at radius 1 is 1.14 bits per heavy atom. The Kier molecular flexibility index (Phi) is 7.61. The van der Waals surface area contributed by atoms with E-state index in [9.17, 15) is 35.2 Å². The molecule has 0 bridgehead atoms. The summed E-state index contributed by atoms with van der Waals surface area (Å²) >= 11 is 0. The summed E-state index contributed by atoms with van der Waals surface area (Å²) in [5.74, 6) is -1.90. The zero-order chi connectivity index (χ0) is 31.0. The van der Waals surface area contributed by atoms with Crippen molar-refractivity contribution in [2.24, 2.45) is 0 Å². The Hall–Kier alpha value is -5.11. The number of halogens is 5. The number of alkyl halides is 5. The molecule has 0 aliphatic heterocycles. The number of pyridine rings is 1. The van der Waals surface area contributed by atoms with Crippen LogP contribution in [0.15, 0.2) is 81.6 Å². The Morgan fingerprint density at radius 3 is 2.50 bits per heavy atom. The second kappa shape index (κ2) is 10.7. The van der Waals surface area contributed by atoms with Crippen molar-refractivity contribution in [2.45, 2.75) is 24.1 Å². The number of hydrogen-bond acceptors (Lipinski definition) is 9. The van der Waals surface area contributed by atoms with Gasteiger partial charge in [-0.15, -0.1) is 0 Å². The van der Waals surface area contributed by atoms with Crippen LogP contribution in [0.2, 0.25) is 0 Å². The molecule has 0 aliphatic rings. The van der Waals surface area contributed by atoms with Gasteiger partial charge in [-0.05, 0) is 36.4 Å². The first-order valence-corrected chi connectivity index (χ1v) is 13.1. The summed E-state index contributed by atoms with van der Waals surface area (Å²) in [5.41, 5.74) is -1.33. The van der Waals surface area contributed by atoms with Crippen molar-refractivity contribution in [3.63, 3.8) is 0 Å². The number of rotatable bonds is 9. The molecule has 0 spiro atoms. The zero-order valence-electron chi connectivity index (χ0n) is 21.3. The van der Waals surface area contributed by atoms with Gasteiger partial charge in [-0.1, -0.05) is 20.1 Å². The van der Waals surface area contributed by atoms with E-state index in [4.69, 9.17) is 9.68 Å². The van der Waals surface area contributed by atoms with Crippen LogP contribution < -0.4 is 10.4 Å². The number of oxazole rings is 1. The molecule has 4 aromatic rings. The van der Waals surface area contributed by atoms with E-state index in [1.807, 2.05) is 0 Å². The molecule has 0 fully saturated rings. The lowest BCUT2D eigenvalue weighted by molar-refractivity contribution is -0.360. The van der Waals surface area contributed by atoms with Gasteiger partial charge in [0, 0.05) is 17.3 Å². The molecule has 11 nitrogen and oxygen atoms in total. The fourth-order valence-electron chi connectivity index (χ4n) is 3.36. The van der Waals surface area contributed by atoms with E-state index in [0.29, 0.717) is 0 Å². The minimum absolute atomic E-state index is 0.0988. The maximum absolute atomic E-state index is 13.4. The fourth-order valence-corrected chi connectivity index (χ4v) is 4.38. The topological polar surface area (TPSA) is 146 Å². The largest absolute Gasteiger partial charge is 0.499 e. The van der Waals surface area contributed by atoms with Crippen LogP contribution in [0.5, 0.6) is 5.75 Å². The molecule has 4 rings (SSSR count). The molecular weight excluding hydrogens is 591 g/mol. The van der Waals surface area contributed by atoms with E-state index in [1.165, 1.54) is 25.1 Å². The number of allylic oxidation sites excluding steroid dienone is 4. The summed E-state index contributed by atoms with van der Waals surface area (Å²) < 4.78 is 101. The second-order valence-corrected chi connectivity index (χ2v) is 10.6. The Balaban J connectivity index is 1.81. The van der Waals surface area contributed by atoms with E-state index < -0.39 is 39.5 Å². The van der Waals surface area contributed by atoms with Gasteiger partial charge in [0.2, 0.25) is 5.89 Å². The summed E-state index contributed by atoms with van der Waals surface area (Å²) in [6.45, 7) is 8.55. The van der Waals surface area contributed by atoms with Gasteiger partial charge in [-0.2, -0.15) is 37.0 Å². The van der Waals surface area contributed by atoms with Crippen molar-refractivity contribution >= 4 is 26.6 Å². The van der Waals surface area contributed by atoms with Gasteiger partial charge in [0.05, 0.1) is 16.7 Å². The first kappa shape index (κ1) is 29.9. The minimum Gasteiger partial charge on any atom is -0.435 e. The molecule has 0 N–H and O–H groups in total. The molecule has 0 amide bonds. The Bertz CT molecular complexity index is 1970. The van der Waals surface area contributed by atoms with E-state index in [2.05, 4.69) is 33.0 Å². The number of nitrogens with zero attached hydrogens (tertiary/aromatic N) is 6. The number of ether oxygens (including phenoxy) is 1. The summed E-state index contributed by atoms with van der Waals surface area (Å²) in [6.07, 6.45) is -7.72. The molecule has 0 radical (unpaired) electrons. The monoisotopic (exact) mass is 608 g/mol. The molecule has 17 heteroatoms. The van der Waals surface area contributed by atoms with Gasteiger partial charge in [-0.3, -0.25) is 0 Å². The standard InChI is InChI=1S/C25H17F5N6O5S/c1-4-42(38,39)19-9-10-20(36-23(37)35(13-32-36)15(3)6-5-14(2)12-31)34-21(19)22-33-17-11-16(7-8-18(17)40-22)41-25(29,30)24(26,27)28/h5-11,13H,2-4H2,1H3/b6-5-. The average molecular weight is 609 g/mol. The normalized spacial score (nSPS) is 12.5. The number of hydrogen-bond donors (Lipinski definition) is 0. The van der Waals surface area contributed by atoms with Crippen LogP contribution in [0.1, 0.15) is 6.92 Å². The lowest BCUT2D eigenvalue weighted by Gasteiger charge is -2.19. The van der Waals surface area contributed by atoms with Crippen molar-refractivity contribution in [3.8, 4) is 29.2 Å². The third-order valence-electron chi connectivity index (χ3n) is 5.51. The predicted octanol–water partition coefficient (Wildman–Crippen LogP) is 4.67. The highest BCUT2D eigenvalue weighted by Crippen LogP contribution is 2.38. The lowest BCUT2D eigenvalue weighted by Crippen LogP contribution is -2.41. The summed E-state index contributed by atoms with van der Waals surface area (Å²) in [4.78, 5) is 20.9. The highest BCUT2D eigenvalue weighted by molar-refractivity contribution is 7.91. The highest BCUT2D eigenvalue weighted by atomic mass is 32.2. The summed E-state index contributed by atoms with van der Waals surface area (Å²) in [6, 6.07) is 6.64. The minimum atomic E-state index is -5.98. The second-order valence-electron chi connectivity index (χ2n) is 8.34. The van der Waals surface area contributed by atoms with Gasteiger partial charge < -0.3 is 9.15 Å². The van der Waals surface area contributed by atoms with E-state index >= 15 is 0 Å². The van der Waals surface area contributed by atoms with Crippen molar-refractivity contribution in [3.05, 3.63) is 78.0 Å². The maximum Gasteiger partial charge on any atom is 0.499 e. The molecule has 0 aliphatic carbocycles. The van der Waals surface area contributed by atoms with Crippen LogP contribution >= 0.6 is 0 Å². The number of fused-ring (bicyclic) bond motifs is 1. The molecule has 3 aromatic heterocycles. The van der Waals surface area contributed by atoms with Gasteiger partial charge in [0.25, 0.3) is 0 Å². The zero-order valence-corrected chi connectivity index (χ0v) is 22.1. The van der Waals surface area contributed by atoms with E-state index in [-0.39, 0.29) is 44.5 Å². The highest BCUT2D eigenvalue weighted by Gasteiger charge is 2.61. The molecule has 3 heterocycles. The van der Waals surface area contributed by atoms with Crippen LogP contribution in [-0.2, 0) is 9.84 Å². The number of nitriles is 1. The number of sulfone groups is 1. The van der Waals surface area contributed by atoms with Crippen LogP contribution in [0.4, 0.5) is 22.0 Å². The van der Waals surface area contributed by atoms with E-state index in [0.717, 1.165) is 39.8 Å². The van der Waals surface area contributed by atoms with Gasteiger partial charge in [0.1, 0.15) is 23.3 Å². The third-order valence-corrected chi connectivity index (χ3v) is 7.27. The molecule has 0 unspecified atom stereocenters.